The van der Waals surface area contributed by atoms with Crippen molar-refractivity contribution in [1.82, 2.24) is 0 Å². The number of hydrogen-bond donors (Lipinski definition) is 2. The molecule has 3 aromatic carbocycles. The average molecular weight is 445 g/mol. The highest BCUT2D eigenvalue weighted by molar-refractivity contribution is 5.65. The van der Waals surface area contributed by atoms with Gasteiger partial charge in [0.1, 0.15) is 11.5 Å². The molecule has 0 radical (unpaired) electrons. The van der Waals surface area contributed by atoms with Crippen LogP contribution in [0.2, 0.25) is 0 Å². The van der Waals surface area contributed by atoms with E-state index in [1.165, 1.54) is 24.0 Å². The van der Waals surface area contributed by atoms with Crippen LogP contribution in [0.5, 0.6) is 11.5 Å². The van der Waals surface area contributed by atoms with Crippen molar-refractivity contribution in [3.63, 3.8) is 0 Å². The summed E-state index contributed by atoms with van der Waals surface area (Å²) in [4.78, 5) is 0. The molecular formula is C31H28N2O. The first-order valence-corrected chi connectivity index (χ1v) is 11.6. The Morgan fingerprint density at radius 3 is 1.88 bits per heavy atom. The van der Waals surface area contributed by atoms with Gasteiger partial charge in [0.15, 0.2) is 0 Å². The summed E-state index contributed by atoms with van der Waals surface area (Å²) in [7, 11) is 0. The molecule has 0 amide bonds. The number of nitrogens with two attached hydrogens (primary N) is 2. The van der Waals surface area contributed by atoms with Gasteiger partial charge in [-0.15, -0.1) is 0 Å². The van der Waals surface area contributed by atoms with Gasteiger partial charge >= 0.3 is 0 Å². The van der Waals surface area contributed by atoms with E-state index < -0.39 is 0 Å². The van der Waals surface area contributed by atoms with E-state index in [0.29, 0.717) is 29.0 Å². The molecular weight excluding hydrogens is 416 g/mol. The molecule has 1 fully saturated rings. The van der Waals surface area contributed by atoms with Crippen molar-refractivity contribution < 1.29 is 4.74 Å². The molecule has 0 spiro atoms. The second-order valence-corrected chi connectivity index (χ2v) is 8.53. The van der Waals surface area contributed by atoms with Crippen molar-refractivity contribution in [1.29, 1.82) is 0 Å². The zero-order valence-corrected chi connectivity index (χ0v) is 19.4. The Morgan fingerprint density at radius 2 is 1.26 bits per heavy atom. The highest BCUT2D eigenvalue weighted by Crippen LogP contribution is 2.36. The molecule has 3 aromatic rings. The average Bonchev–Trinajstić information content (AvgIpc) is 2.84. The molecule has 168 valence electrons. The molecule has 4 N–H and O–H groups in total. The van der Waals surface area contributed by atoms with Crippen LogP contribution in [0.3, 0.4) is 0 Å². The molecule has 0 unspecified atom stereocenters. The Kier molecular flexibility index (Phi) is 7.45. The Bertz CT molecular complexity index is 1290. The molecule has 1 aliphatic carbocycles. The second-order valence-electron chi connectivity index (χ2n) is 8.53. The van der Waals surface area contributed by atoms with Crippen LogP contribution in [0.15, 0.2) is 66.7 Å². The Balaban J connectivity index is 1.34. The van der Waals surface area contributed by atoms with Gasteiger partial charge in [-0.05, 0) is 97.1 Å². The normalized spacial score (nSPS) is 16.6. The van der Waals surface area contributed by atoms with Gasteiger partial charge in [0, 0.05) is 29.4 Å². The van der Waals surface area contributed by atoms with Gasteiger partial charge in [-0.2, -0.15) is 0 Å². The summed E-state index contributed by atoms with van der Waals surface area (Å²) in [6, 6.07) is 22.2. The fourth-order valence-electron chi connectivity index (χ4n) is 4.34. The molecule has 0 saturated heterocycles. The third-order valence-corrected chi connectivity index (χ3v) is 6.07. The summed E-state index contributed by atoms with van der Waals surface area (Å²) >= 11 is 0. The lowest BCUT2D eigenvalue weighted by Gasteiger charge is -2.26. The zero-order chi connectivity index (χ0) is 23.8. The van der Waals surface area contributed by atoms with Crippen molar-refractivity contribution in [3.8, 4) is 58.1 Å². The van der Waals surface area contributed by atoms with Crippen molar-refractivity contribution >= 4 is 11.4 Å². The fraction of sp³-hybridized carbons (Fsp3) is 0.226. The minimum atomic E-state index is 0.448. The lowest BCUT2D eigenvalue weighted by Crippen LogP contribution is -2.12. The topological polar surface area (TPSA) is 61.3 Å². The maximum Gasteiger partial charge on any atom is 0.131 e. The minimum Gasteiger partial charge on any atom is -0.457 e. The molecule has 3 nitrogen and oxygen atoms in total. The molecule has 0 heterocycles. The molecule has 34 heavy (non-hydrogen) atoms. The first kappa shape index (κ1) is 22.9. The number of anilines is 2. The van der Waals surface area contributed by atoms with Gasteiger partial charge in [0.05, 0.1) is 0 Å². The molecule has 0 atom stereocenters. The van der Waals surface area contributed by atoms with Crippen molar-refractivity contribution in [3.05, 3.63) is 72.3 Å². The first-order chi connectivity index (χ1) is 16.6. The summed E-state index contributed by atoms with van der Waals surface area (Å²) in [5, 5.41) is 0. The summed E-state index contributed by atoms with van der Waals surface area (Å²) in [5.41, 5.74) is 16.6. The predicted molar refractivity (Wildman–Crippen MR) is 141 cm³/mol. The second kappa shape index (κ2) is 11.0. The third kappa shape index (κ3) is 6.16. The first-order valence-electron chi connectivity index (χ1n) is 11.6. The highest BCUT2D eigenvalue weighted by Gasteiger charge is 2.21. The van der Waals surface area contributed by atoms with Gasteiger partial charge in [0.25, 0.3) is 0 Å². The van der Waals surface area contributed by atoms with E-state index >= 15 is 0 Å². The van der Waals surface area contributed by atoms with Crippen molar-refractivity contribution in [2.24, 2.45) is 5.92 Å². The SMILES string of the molecule is CC#CC#CC#CC1CCC(c2ccc(-c3ccc(Oc4cc(N)cc(N)c4)cc3)cc2)CC1. The number of rotatable bonds is 4. The van der Waals surface area contributed by atoms with Crippen molar-refractivity contribution in [2.45, 2.75) is 38.5 Å². The Morgan fingerprint density at radius 1 is 0.676 bits per heavy atom. The number of hydrogen-bond acceptors (Lipinski definition) is 3. The van der Waals surface area contributed by atoms with E-state index in [1.807, 2.05) is 12.1 Å². The zero-order valence-electron chi connectivity index (χ0n) is 19.4. The number of nitrogen functional groups attached to an aromatic ring is 2. The Labute approximate surface area is 202 Å². The van der Waals surface area contributed by atoms with Crippen LogP contribution in [-0.4, -0.2) is 0 Å². The standard InChI is InChI=1S/C31H28N2O/c1-2-3-4-5-6-7-23-8-10-24(11-9-23)25-12-14-26(15-13-25)27-16-18-30(19-17-27)34-31-21-28(32)20-29(33)22-31/h12-24H,8-11,32-33H2,1H3. The third-order valence-electron chi connectivity index (χ3n) is 6.07. The summed E-state index contributed by atoms with van der Waals surface area (Å²) in [6.07, 6.45) is 4.59. The van der Waals surface area contributed by atoms with Crippen LogP contribution in [0, 0.1) is 41.4 Å². The molecule has 4 rings (SSSR count). The lowest BCUT2D eigenvalue weighted by atomic mass is 9.79. The van der Waals surface area contributed by atoms with E-state index in [0.717, 1.165) is 24.2 Å². The van der Waals surface area contributed by atoms with Gasteiger partial charge in [-0.1, -0.05) is 48.2 Å². The van der Waals surface area contributed by atoms with Crippen LogP contribution >= 0.6 is 0 Å². The summed E-state index contributed by atoms with van der Waals surface area (Å²) < 4.78 is 5.90. The van der Waals surface area contributed by atoms with E-state index in [1.54, 1.807) is 25.1 Å². The molecule has 1 saturated carbocycles. The van der Waals surface area contributed by atoms with Crippen LogP contribution < -0.4 is 16.2 Å². The molecule has 0 aliphatic heterocycles. The molecule has 0 bridgehead atoms. The Hall–Kier alpha value is -4.26. The predicted octanol–water partition coefficient (Wildman–Crippen LogP) is 6.61. The highest BCUT2D eigenvalue weighted by atomic mass is 16.5. The van der Waals surface area contributed by atoms with Gasteiger partial charge in [-0.25, -0.2) is 0 Å². The monoisotopic (exact) mass is 444 g/mol. The molecule has 1 aliphatic rings. The van der Waals surface area contributed by atoms with Gasteiger partial charge in [-0.3, -0.25) is 0 Å². The van der Waals surface area contributed by atoms with Crippen LogP contribution in [0.1, 0.15) is 44.1 Å². The quantitative estimate of drug-likeness (QED) is 0.351. The lowest BCUT2D eigenvalue weighted by molar-refractivity contribution is 0.385. The van der Waals surface area contributed by atoms with E-state index in [2.05, 4.69) is 71.9 Å². The number of ether oxygens (including phenoxy) is 1. The summed E-state index contributed by atoms with van der Waals surface area (Å²) in [6.45, 7) is 1.78. The maximum atomic E-state index is 5.90. The smallest absolute Gasteiger partial charge is 0.131 e. The van der Waals surface area contributed by atoms with E-state index in [4.69, 9.17) is 16.2 Å². The van der Waals surface area contributed by atoms with Crippen LogP contribution in [-0.2, 0) is 0 Å². The molecule has 0 aromatic heterocycles. The maximum absolute atomic E-state index is 5.90. The summed E-state index contributed by atoms with van der Waals surface area (Å²) in [5.74, 6) is 19.7. The van der Waals surface area contributed by atoms with E-state index in [9.17, 15) is 0 Å². The number of benzene rings is 3. The van der Waals surface area contributed by atoms with Crippen LogP contribution in [0.25, 0.3) is 11.1 Å². The van der Waals surface area contributed by atoms with Gasteiger partial charge < -0.3 is 16.2 Å². The molecule has 3 heteroatoms. The minimum absolute atomic E-state index is 0.448. The largest absolute Gasteiger partial charge is 0.457 e. The fourth-order valence-corrected chi connectivity index (χ4v) is 4.34. The van der Waals surface area contributed by atoms with Gasteiger partial charge in [0.2, 0.25) is 0 Å². The van der Waals surface area contributed by atoms with Crippen LogP contribution in [0.4, 0.5) is 11.4 Å². The van der Waals surface area contributed by atoms with E-state index in [-0.39, 0.29) is 0 Å². The van der Waals surface area contributed by atoms with Crippen molar-refractivity contribution in [2.75, 3.05) is 11.5 Å².